The number of ether oxygens (including phenoxy) is 3. The van der Waals surface area contributed by atoms with E-state index in [-0.39, 0.29) is 0 Å². The molecule has 2 aromatic rings. The number of benzene rings is 2. The van der Waals surface area contributed by atoms with Crippen LogP contribution in [0.4, 0.5) is 0 Å². The van der Waals surface area contributed by atoms with Gasteiger partial charge in [0.25, 0.3) is 0 Å². The maximum Gasteiger partial charge on any atom is 0.127 e. The largest absolute Gasteiger partial charge is 0.497 e. The molecule has 2 rings (SSSR count). The maximum atomic E-state index is 6.06. The smallest absolute Gasteiger partial charge is 0.127 e. The molecule has 3 nitrogen and oxygen atoms in total. The Morgan fingerprint density at radius 1 is 0.864 bits per heavy atom. The van der Waals surface area contributed by atoms with Crippen LogP contribution in [-0.2, 0) is 5.88 Å². The monoisotopic (exact) mass is 318 g/mol. The quantitative estimate of drug-likeness (QED) is 0.574. The Morgan fingerprint density at radius 2 is 1.55 bits per heavy atom. The minimum atomic E-state index is 0.370. The number of halogens is 1. The average molecular weight is 319 g/mol. The Kier molecular flexibility index (Phi) is 5.73. The van der Waals surface area contributed by atoms with Crippen LogP contribution in [0.1, 0.15) is 16.7 Å². The fourth-order valence-electron chi connectivity index (χ4n) is 2.13. The van der Waals surface area contributed by atoms with E-state index in [2.05, 4.69) is 0 Å². The van der Waals surface area contributed by atoms with Gasteiger partial charge in [-0.15, -0.1) is 11.6 Å². The zero-order valence-corrected chi connectivity index (χ0v) is 13.7. The van der Waals surface area contributed by atoms with Crippen molar-refractivity contribution in [3.63, 3.8) is 0 Å². The van der Waals surface area contributed by atoms with Crippen molar-refractivity contribution in [1.29, 1.82) is 0 Å². The van der Waals surface area contributed by atoms with Gasteiger partial charge in [0, 0.05) is 11.6 Å². The van der Waals surface area contributed by atoms with Crippen LogP contribution in [0, 0.1) is 0 Å². The third kappa shape index (κ3) is 3.74. The lowest BCUT2D eigenvalue weighted by molar-refractivity contribution is 0.392. The number of hydrogen-bond acceptors (Lipinski definition) is 3. The van der Waals surface area contributed by atoms with Crippen LogP contribution in [0.3, 0.4) is 0 Å². The number of methoxy groups -OCH3 is 3. The molecule has 116 valence electrons. The lowest BCUT2D eigenvalue weighted by Crippen LogP contribution is -1.95. The molecule has 0 heterocycles. The van der Waals surface area contributed by atoms with Gasteiger partial charge in [-0.25, -0.2) is 0 Å². The number of rotatable bonds is 6. The minimum absolute atomic E-state index is 0.370. The highest BCUT2D eigenvalue weighted by Crippen LogP contribution is 2.31. The van der Waals surface area contributed by atoms with Crippen molar-refractivity contribution in [1.82, 2.24) is 0 Å². The molecule has 0 bridgehead atoms. The first-order valence-electron chi connectivity index (χ1n) is 6.84. The Hall–Kier alpha value is -2.13. The molecule has 0 saturated heterocycles. The predicted octanol–water partition coefficient (Wildman–Crippen LogP) is 4.62. The van der Waals surface area contributed by atoms with E-state index in [0.29, 0.717) is 5.88 Å². The van der Waals surface area contributed by atoms with Crippen molar-refractivity contribution in [3.8, 4) is 17.2 Å². The summed E-state index contributed by atoms with van der Waals surface area (Å²) in [6.45, 7) is 0. The van der Waals surface area contributed by atoms with E-state index >= 15 is 0 Å². The van der Waals surface area contributed by atoms with Crippen LogP contribution >= 0.6 is 11.6 Å². The van der Waals surface area contributed by atoms with Crippen molar-refractivity contribution >= 4 is 23.8 Å². The van der Waals surface area contributed by atoms with Gasteiger partial charge in [-0.2, -0.15) is 0 Å². The highest BCUT2D eigenvalue weighted by Gasteiger charge is 2.09. The second-order valence-corrected chi connectivity index (χ2v) is 4.90. The van der Waals surface area contributed by atoms with Crippen LogP contribution in [-0.4, -0.2) is 21.3 Å². The summed E-state index contributed by atoms with van der Waals surface area (Å²) in [5.74, 6) is 2.67. The summed E-state index contributed by atoms with van der Waals surface area (Å²) in [6, 6.07) is 11.6. The van der Waals surface area contributed by atoms with Gasteiger partial charge in [0.05, 0.1) is 27.2 Å². The van der Waals surface area contributed by atoms with Crippen LogP contribution in [0.5, 0.6) is 17.2 Å². The predicted molar refractivity (Wildman–Crippen MR) is 91.0 cm³/mol. The van der Waals surface area contributed by atoms with E-state index in [9.17, 15) is 0 Å². The molecule has 0 amide bonds. The maximum absolute atomic E-state index is 6.06. The summed E-state index contributed by atoms with van der Waals surface area (Å²) >= 11 is 6.06. The number of hydrogen-bond donors (Lipinski definition) is 0. The molecule has 0 fully saturated rings. The minimum Gasteiger partial charge on any atom is -0.497 e. The fraction of sp³-hybridized carbons (Fsp3) is 0.222. The molecule has 0 saturated carbocycles. The van der Waals surface area contributed by atoms with Crippen LogP contribution in [0.2, 0.25) is 0 Å². The van der Waals surface area contributed by atoms with Crippen molar-refractivity contribution in [2.75, 3.05) is 21.3 Å². The molecule has 0 aromatic heterocycles. The molecular weight excluding hydrogens is 300 g/mol. The molecule has 4 heteroatoms. The Morgan fingerprint density at radius 3 is 2.09 bits per heavy atom. The summed E-state index contributed by atoms with van der Waals surface area (Å²) in [5.41, 5.74) is 2.99. The van der Waals surface area contributed by atoms with E-state index in [0.717, 1.165) is 33.9 Å². The third-order valence-electron chi connectivity index (χ3n) is 3.38. The SMILES string of the molecule is COc1ccc(C=Cc2cc(OC)cc(OC)c2CCl)cc1. The number of alkyl halides is 1. The summed E-state index contributed by atoms with van der Waals surface area (Å²) in [7, 11) is 4.91. The van der Waals surface area contributed by atoms with E-state index < -0.39 is 0 Å². The van der Waals surface area contributed by atoms with Crippen molar-refractivity contribution in [2.24, 2.45) is 0 Å². The first-order valence-corrected chi connectivity index (χ1v) is 7.38. The van der Waals surface area contributed by atoms with Crippen LogP contribution < -0.4 is 14.2 Å². The van der Waals surface area contributed by atoms with Gasteiger partial charge in [-0.3, -0.25) is 0 Å². The van der Waals surface area contributed by atoms with Gasteiger partial charge < -0.3 is 14.2 Å². The summed E-state index contributed by atoms with van der Waals surface area (Å²) < 4.78 is 15.8. The molecule has 0 aliphatic heterocycles. The van der Waals surface area contributed by atoms with E-state index in [4.69, 9.17) is 25.8 Å². The Balaban J connectivity index is 2.35. The van der Waals surface area contributed by atoms with Gasteiger partial charge in [0.2, 0.25) is 0 Å². The topological polar surface area (TPSA) is 27.7 Å². The van der Waals surface area contributed by atoms with E-state index in [1.54, 1.807) is 21.3 Å². The van der Waals surface area contributed by atoms with Crippen LogP contribution in [0.15, 0.2) is 36.4 Å². The first-order chi connectivity index (χ1) is 10.7. The van der Waals surface area contributed by atoms with Crippen molar-refractivity contribution in [2.45, 2.75) is 5.88 Å². The molecule has 0 aliphatic rings. The van der Waals surface area contributed by atoms with E-state index in [1.165, 1.54) is 0 Å². The van der Waals surface area contributed by atoms with Gasteiger partial charge in [0.1, 0.15) is 17.2 Å². The second kappa shape index (κ2) is 7.76. The molecule has 0 unspecified atom stereocenters. The van der Waals surface area contributed by atoms with Gasteiger partial charge in [-0.05, 0) is 29.3 Å². The Bertz CT molecular complexity index is 648. The molecule has 0 aliphatic carbocycles. The van der Waals surface area contributed by atoms with Gasteiger partial charge in [0.15, 0.2) is 0 Å². The third-order valence-corrected chi connectivity index (χ3v) is 3.64. The molecular formula is C18H19ClO3. The van der Waals surface area contributed by atoms with Crippen molar-refractivity contribution < 1.29 is 14.2 Å². The van der Waals surface area contributed by atoms with Crippen molar-refractivity contribution in [3.05, 3.63) is 53.1 Å². The Labute approximate surface area is 136 Å². The summed E-state index contributed by atoms with van der Waals surface area (Å²) in [5, 5.41) is 0. The molecule has 0 N–H and O–H groups in total. The standard InChI is InChI=1S/C18H19ClO3/c1-20-15-8-5-13(6-9-15)4-7-14-10-16(21-2)11-18(22-3)17(14)12-19/h4-11H,12H2,1-3H3. The fourth-order valence-corrected chi connectivity index (χ4v) is 2.42. The van der Waals surface area contributed by atoms with Crippen LogP contribution in [0.25, 0.3) is 12.2 Å². The molecule has 22 heavy (non-hydrogen) atoms. The van der Waals surface area contributed by atoms with Gasteiger partial charge >= 0.3 is 0 Å². The summed E-state index contributed by atoms with van der Waals surface area (Å²) in [4.78, 5) is 0. The first kappa shape index (κ1) is 16.2. The summed E-state index contributed by atoms with van der Waals surface area (Å²) in [6.07, 6.45) is 4.02. The molecule has 0 spiro atoms. The molecule has 0 radical (unpaired) electrons. The zero-order valence-electron chi connectivity index (χ0n) is 12.9. The molecule has 0 atom stereocenters. The van der Waals surface area contributed by atoms with E-state index in [1.807, 2.05) is 48.6 Å². The molecule has 2 aromatic carbocycles. The lowest BCUT2D eigenvalue weighted by atomic mass is 10.0. The average Bonchev–Trinajstić information content (AvgIpc) is 2.59. The second-order valence-electron chi connectivity index (χ2n) is 4.64. The highest BCUT2D eigenvalue weighted by molar-refractivity contribution is 6.17. The normalized spacial score (nSPS) is 10.7. The highest BCUT2D eigenvalue weighted by atomic mass is 35.5. The van der Waals surface area contributed by atoms with Gasteiger partial charge in [-0.1, -0.05) is 24.3 Å². The zero-order chi connectivity index (χ0) is 15.9. The lowest BCUT2D eigenvalue weighted by Gasteiger charge is -2.12.